The highest BCUT2D eigenvalue weighted by Crippen LogP contribution is 2.33. The van der Waals surface area contributed by atoms with Crippen molar-refractivity contribution in [2.75, 3.05) is 6.54 Å². The molecule has 1 aliphatic heterocycles. The topological polar surface area (TPSA) is 66.5 Å². The van der Waals surface area contributed by atoms with Crippen LogP contribution in [0.4, 0.5) is 9.18 Å². The summed E-state index contributed by atoms with van der Waals surface area (Å²) in [5, 5.41) is 4.47. The van der Waals surface area contributed by atoms with Gasteiger partial charge in [-0.1, -0.05) is 54.6 Å². The Bertz CT molecular complexity index is 1120. The molecule has 28 heavy (non-hydrogen) atoms. The second kappa shape index (κ2) is 6.56. The van der Waals surface area contributed by atoms with Gasteiger partial charge in [0.1, 0.15) is 11.4 Å². The molecule has 3 aromatic carbocycles. The van der Waals surface area contributed by atoms with E-state index in [1.807, 2.05) is 36.4 Å². The van der Waals surface area contributed by atoms with E-state index in [1.165, 1.54) is 24.3 Å². The van der Waals surface area contributed by atoms with Crippen molar-refractivity contribution in [1.82, 2.24) is 10.2 Å². The molecule has 1 heterocycles. The fourth-order valence-electron chi connectivity index (χ4n) is 3.60. The Kier molecular flexibility index (Phi) is 4.19. The monoisotopic (exact) mass is 376 g/mol. The molecule has 0 radical (unpaired) electrons. The first kappa shape index (κ1) is 17.9. The number of nitrogens with one attached hydrogen (secondary N) is 1. The molecule has 0 aromatic heterocycles. The highest BCUT2D eigenvalue weighted by Gasteiger charge is 2.50. The highest BCUT2D eigenvalue weighted by atomic mass is 19.1. The molecule has 1 saturated heterocycles. The van der Waals surface area contributed by atoms with E-state index in [1.54, 1.807) is 13.0 Å². The highest BCUT2D eigenvalue weighted by molar-refractivity contribution is 6.12. The summed E-state index contributed by atoms with van der Waals surface area (Å²) in [6.07, 6.45) is 0. The molecule has 0 aliphatic carbocycles. The molecule has 0 bridgehead atoms. The molecule has 5 nitrogen and oxygen atoms in total. The van der Waals surface area contributed by atoms with Crippen molar-refractivity contribution >= 4 is 28.5 Å². The molecule has 1 fully saturated rings. The molecule has 1 atom stereocenters. The van der Waals surface area contributed by atoms with E-state index in [4.69, 9.17) is 0 Å². The van der Waals surface area contributed by atoms with Crippen LogP contribution in [0.3, 0.4) is 0 Å². The Morgan fingerprint density at radius 1 is 1.00 bits per heavy atom. The van der Waals surface area contributed by atoms with Crippen LogP contribution in [0.25, 0.3) is 10.8 Å². The number of imide groups is 1. The zero-order valence-corrected chi connectivity index (χ0v) is 15.1. The number of ketones is 1. The van der Waals surface area contributed by atoms with Gasteiger partial charge in [-0.2, -0.15) is 0 Å². The predicted octanol–water partition coefficient (Wildman–Crippen LogP) is 3.63. The van der Waals surface area contributed by atoms with E-state index in [2.05, 4.69) is 5.32 Å². The van der Waals surface area contributed by atoms with Crippen molar-refractivity contribution in [3.63, 3.8) is 0 Å². The van der Waals surface area contributed by atoms with Crippen LogP contribution in [0, 0.1) is 5.82 Å². The Morgan fingerprint density at radius 3 is 2.46 bits per heavy atom. The molecule has 140 valence electrons. The lowest BCUT2D eigenvalue weighted by atomic mass is 9.88. The number of urea groups is 1. The summed E-state index contributed by atoms with van der Waals surface area (Å²) in [6, 6.07) is 17.9. The summed E-state index contributed by atoms with van der Waals surface area (Å²) in [5.41, 5.74) is -0.820. The van der Waals surface area contributed by atoms with Gasteiger partial charge in [0.2, 0.25) is 0 Å². The average molecular weight is 376 g/mol. The first-order chi connectivity index (χ1) is 13.4. The number of hydrogen-bond donors (Lipinski definition) is 1. The number of halogens is 1. The van der Waals surface area contributed by atoms with Crippen LogP contribution >= 0.6 is 0 Å². The lowest BCUT2D eigenvalue weighted by Gasteiger charge is -2.24. The normalized spacial score (nSPS) is 19.1. The largest absolute Gasteiger partial charge is 0.325 e. The van der Waals surface area contributed by atoms with Gasteiger partial charge in [-0.15, -0.1) is 0 Å². The van der Waals surface area contributed by atoms with E-state index in [0.717, 1.165) is 15.7 Å². The van der Waals surface area contributed by atoms with E-state index in [-0.39, 0.29) is 5.56 Å². The summed E-state index contributed by atoms with van der Waals surface area (Å²) in [7, 11) is 0. The van der Waals surface area contributed by atoms with E-state index in [0.29, 0.717) is 5.56 Å². The van der Waals surface area contributed by atoms with Gasteiger partial charge in [-0.3, -0.25) is 14.5 Å². The molecule has 3 aromatic rings. The van der Waals surface area contributed by atoms with Crippen molar-refractivity contribution in [1.29, 1.82) is 0 Å². The van der Waals surface area contributed by atoms with Gasteiger partial charge in [-0.25, -0.2) is 9.18 Å². The van der Waals surface area contributed by atoms with E-state index < -0.39 is 35.6 Å². The maximum atomic E-state index is 13.9. The number of benzene rings is 3. The lowest BCUT2D eigenvalue weighted by molar-refractivity contribution is -0.130. The number of hydrogen-bond acceptors (Lipinski definition) is 3. The Labute approximate surface area is 160 Å². The van der Waals surface area contributed by atoms with Crippen molar-refractivity contribution in [3.05, 3.63) is 83.7 Å². The lowest BCUT2D eigenvalue weighted by Crippen LogP contribution is -2.41. The van der Waals surface area contributed by atoms with Gasteiger partial charge in [0, 0.05) is 0 Å². The summed E-state index contributed by atoms with van der Waals surface area (Å²) in [6.45, 7) is 1.09. The molecule has 4 rings (SSSR count). The predicted molar refractivity (Wildman–Crippen MR) is 102 cm³/mol. The number of Topliss-reactive ketones (excluding diaryl/α,β-unsaturated/α-hetero) is 1. The summed E-state index contributed by atoms with van der Waals surface area (Å²) in [5.74, 6) is -1.86. The molecular formula is C22H17FN2O3. The summed E-state index contributed by atoms with van der Waals surface area (Å²) < 4.78 is 13.9. The van der Waals surface area contributed by atoms with Crippen molar-refractivity contribution in [2.45, 2.75) is 12.5 Å². The number of carbonyl (C=O) groups excluding carboxylic acids is 3. The molecule has 3 amide bonds. The quantitative estimate of drug-likeness (QED) is 0.559. The van der Waals surface area contributed by atoms with Gasteiger partial charge in [0.25, 0.3) is 5.91 Å². The Balaban J connectivity index is 1.69. The zero-order valence-electron chi connectivity index (χ0n) is 15.1. The second-order valence-corrected chi connectivity index (χ2v) is 6.88. The molecule has 0 spiro atoms. The third kappa shape index (κ3) is 2.74. The first-order valence-corrected chi connectivity index (χ1v) is 8.82. The summed E-state index contributed by atoms with van der Waals surface area (Å²) >= 11 is 0. The minimum atomic E-state index is -1.31. The van der Waals surface area contributed by atoms with Crippen molar-refractivity contribution in [3.8, 4) is 0 Å². The van der Waals surface area contributed by atoms with Crippen molar-refractivity contribution < 1.29 is 18.8 Å². The standard InChI is InChI=1S/C22H17FN2O3/c1-22(17-11-6-8-14-7-2-3-9-15(14)17)20(27)25(21(28)24-22)13-19(26)16-10-4-5-12-18(16)23/h2-12H,13H2,1H3,(H,24,28)/t22-/m0/s1. The molecule has 6 heteroatoms. The minimum Gasteiger partial charge on any atom is -0.319 e. The van der Waals surface area contributed by atoms with Gasteiger partial charge >= 0.3 is 6.03 Å². The number of carbonyl (C=O) groups is 3. The smallest absolute Gasteiger partial charge is 0.319 e. The molecular weight excluding hydrogens is 359 g/mol. The Morgan fingerprint density at radius 2 is 1.68 bits per heavy atom. The number of fused-ring (bicyclic) bond motifs is 1. The van der Waals surface area contributed by atoms with Crippen LogP contribution in [0.5, 0.6) is 0 Å². The van der Waals surface area contributed by atoms with E-state index >= 15 is 0 Å². The van der Waals surface area contributed by atoms with Crippen molar-refractivity contribution in [2.24, 2.45) is 0 Å². The van der Waals surface area contributed by atoms with Crippen LogP contribution in [0.1, 0.15) is 22.8 Å². The SMILES string of the molecule is C[C@@]1(c2cccc3ccccc23)NC(=O)N(CC(=O)c2ccccc2F)C1=O. The van der Waals surface area contributed by atoms with E-state index in [9.17, 15) is 18.8 Å². The zero-order chi connectivity index (χ0) is 19.9. The Hall–Kier alpha value is -3.54. The maximum Gasteiger partial charge on any atom is 0.325 e. The van der Waals surface area contributed by atoms with Gasteiger partial charge in [0.15, 0.2) is 5.78 Å². The third-order valence-corrected chi connectivity index (χ3v) is 5.08. The average Bonchev–Trinajstić information content (AvgIpc) is 2.91. The fraction of sp³-hybridized carbons (Fsp3) is 0.136. The maximum absolute atomic E-state index is 13.9. The fourth-order valence-corrected chi connectivity index (χ4v) is 3.60. The molecule has 0 saturated carbocycles. The van der Waals surface area contributed by atoms with Gasteiger partial charge in [-0.05, 0) is 35.4 Å². The van der Waals surface area contributed by atoms with Gasteiger partial charge < -0.3 is 5.32 Å². The third-order valence-electron chi connectivity index (χ3n) is 5.08. The minimum absolute atomic E-state index is 0.151. The number of rotatable bonds is 4. The molecule has 0 unspecified atom stereocenters. The van der Waals surface area contributed by atoms with Crippen LogP contribution in [-0.4, -0.2) is 29.2 Å². The van der Waals surface area contributed by atoms with Gasteiger partial charge in [0.05, 0.1) is 12.1 Å². The first-order valence-electron chi connectivity index (χ1n) is 8.82. The van der Waals surface area contributed by atoms with Crippen LogP contribution < -0.4 is 5.32 Å². The van der Waals surface area contributed by atoms with Crippen LogP contribution in [0.2, 0.25) is 0 Å². The number of amides is 3. The molecule has 1 aliphatic rings. The summed E-state index contributed by atoms with van der Waals surface area (Å²) in [4.78, 5) is 38.9. The number of nitrogens with zero attached hydrogens (tertiary/aromatic N) is 1. The molecule has 1 N–H and O–H groups in total. The second-order valence-electron chi connectivity index (χ2n) is 6.88. The van der Waals surface area contributed by atoms with Crippen LogP contribution in [-0.2, 0) is 10.3 Å². The van der Waals surface area contributed by atoms with Crippen LogP contribution in [0.15, 0.2) is 66.7 Å².